The zero-order valence-electron chi connectivity index (χ0n) is 15.9. The first-order chi connectivity index (χ1) is 14.0. The van der Waals surface area contributed by atoms with Crippen molar-refractivity contribution in [2.75, 3.05) is 20.8 Å². The number of benzene rings is 2. The zero-order chi connectivity index (χ0) is 20.8. The highest BCUT2D eigenvalue weighted by Gasteiger charge is 2.17. The second kappa shape index (κ2) is 10.2. The van der Waals surface area contributed by atoms with Crippen LogP contribution in [0.4, 0.5) is 0 Å². The highest BCUT2D eigenvalue weighted by molar-refractivity contribution is 7.99. The Morgan fingerprint density at radius 2 is 1.90 bits per heavy atom. The number of halogens is 2. The maximum absolute atomic E-state index is 12.0. The van der Waals surface area contributed by atoms with Crippen LogP contribution in [0.5, 0.6) is 5.75 Å². The lowest BCUT2D eigenvalue weighted by molar-refractivity contribution is 0.0594. The zero-order valence-corrected chi connectivity index (χ0v) is 18.2. The lowest BCUT2D eigenvalue weighted by Gasteiger charge is -2.17. The molecular weight excluding hydrogens is 433 g/mol. The van der Waals surface area contributed by atoms with E-state index in [1.54, 1.807) is 31.0 Å². The topological polar surface area (TPSA) is 57.7 Å². The fourth-order valence-electron chi connectivity index (χ4n) is 2.71. The molecule has 0 saturated heterocycles. The number of carbonyl (C=O) groups is 1. The molecule has 5 nitrogen and oxygen atoms in total. The molecule has 0 amide bonds. The summed E-state index contributed by atoms with van der Waals surface area (Å²) in [5.74, 6) is -0.126. The van der Waals surface area contributed by atoms with Crippen molar-refractivity contribution < 1.29 is 19.0 Å². The number of aromatic nitrogens is 1. The van der Waals surface area contributed by atoms with Crippen LogP contribution in [0.15, 0.2) is 53.4 Å². The summed E-state index contributed by atoms with van der Waals surface area (Å²) < 4.78 is 16.3. The monoisotopic (exact) mass is 451 g/mol. The summed E-state index contributed by atoms with van der Waals surface area (Å²) in [6.45, 7) is 0.358. The number of nitrogens with zero attached hydrogens (tertiary/aromatic N) is 1. The minimum absolute atomic E-state index is 0.0875. The predicted octanol–water partition coefficient (Wildman–Crippen LogP) is 5.86. The van der Waals surface area contributed by atoms with Gasteiger partial charge >= 0.3 is 5.97 Å². The average Bonchev–Trinajstić information content (AvgIpc) is 2.72. The van der Waals surface area contributed by atoms with E-state index < -0.39 is 5.97 Å². The molecule has 0 radical (unpaired) electrons. The van der Waals surface area contributed by atoms with E-state index in [-0.39, 0.29) is 11.1 Å². The van der Waals surface area contributed by atoms with Gasteiger partial charge in [-0.1, -0.05) is 53.2 Å². The first kappa shape index (κ1) is 21.7. The van der Waals surface area contributed by atoms with Crippen molar-refractivity contribution in [2.45, 2.75) is 16.8 Å². The largest absolute Gasteiger partial charge is 0.493 e. The third-order valence-corrected chi connectivity index (χ3v) is 5.82. The van der Waals surface area contributed by atoms with Crippen molar-refractivity contribution in [2.24, 2.45) is 0 Å². The van der Waals surface area contributed by atoms with Crippen molar-refractivity contribution in [3.05, 3.63) is 64.3 Å². The highest BCUT2D eigenvalue weighted by Crippen LogP contribution is 2.35. The van der Waals surface area contributed by atoms with E-state index in [9.17, 15) is 4.79 Å². The highest BCUT2D eigenvalue weighted by atomic mass is 35.5. The predicted molar refractivity (Wildman–Crippen MR) is 116 cm³/mol. The molecule has 3 rings (SSSR count). The van der Waals surface area contributed by atoms with Gasteiger partial charge in [0.15, 0.2) is 5.69 Å². The van der Waals surface area contributed by atoms with E-state index in [0.717, 1.165) is 4.90 Å². The molecular formula is C21H19Cl2NO4S. The van der Waals surface area contributed by atoms with Crippen molar-refractivity contribution in [3.63, 3.8) is 0 Å². The lowest BCUT2D eigenvalue weighted by Crippen LogP contribution is -2.12. The molecule has 3 aromatic rings. The van der Waals surface area contributed by atoms with Crippen LogP contribution < -0.4 is 4.74 Å². The van der Waals surface area contributed by atoms with Gasteiger partial charge in [-0.15, -0.1) is 0 Å². The number of esters is 1. The molecule has 1 atom stereocenters. The number of methoxy groups -OCH3 is 2. The van der Waals surface area contributed by atoms with Crippen LogP contribution in [-0.2, 0) is 9.47 Å². The van der Waals surface area contributed by atoms with Gasteiger partial charge < -0.3 is 14.2 Å². The van der Waals surface area contributed by atoms with E-state index >= 15 is 0 Å². The Bertz CT molecular complexity index is 1000. The molecule has 0 fully saturated rings. The number of thioether (sulfide) groups is 1. The van der Waals surface area contributed by atoms with E-state index in [2.05, 4.69) is 4.98 Å². The van der Waals surface area contributed by atoms with Crippen molar-refractivity contribution >= 4 is 51.8 Å². The molecule has 0 aliphatic rings. The summed E-state index contributed by atoms with van der Waals surface area (Å²) in [5, 5.41) is 1.41. The first-order valence-electron chi connectivity index (χ1n) is 8.77. The molecule has 8 heteroatoms. The van der Waals surface area contributed by atoms with Gasteiger partial charge in [0, 0.05) is 29.5 Å². The molecule has 1 unspecified atom stereocenters. The summed E-state index contributed by atoms with van der Waals surface area (Å²) in [6.07, 6.45) is 0.624. The Kier molecular flexibility index (Phi) is 7.61. The normalized spacial score (nSPS) is 12.0. The van der Waals surface area contributed by atoms with Crippen LogP contribution in [0.25, 0.3) is 10.9 Å². The lowest BCUT2D eigenvalue weighted by atomic mass is 10.1. The first-order valence-corrected chi connectivity index (χ1v) is 10.4. The summed E-state index contributed by atoms with van der Waals surface area (Å²) in [5.41, 5.74) is 0.494. The molecule has 2 aromatic carbocycles. The number of rotatable bonds is 8. The number of hydrogen-bond acceptors (Lipinski definition) is 6. The molecule has 1 aromatic heterocycles. The number of carbonyl (C=O) groups excluding carboxylic acids is 1. The van der Waals surface area contributed by atoms with Crippen LogP contribution in [0.2, 0.25) is 10.0 Å². The second-order valence-corrected chi connectivity index (χ2v) is 8.09. The van der Waals surface area contributed by atoms with Crippen molar-refractivity contribution in [1.29, 1.82) is 0 Å². The molecule has 0 aliphatic carbocycles. The van der Waals surface area contributed by atoms with Gasteiger partial charge in [0.1, 0.15) is 11.2 Å². The van der Waals surface area contributed by atoms with Gasteiger partial charge in [0.2, 0.25) is 0 Å². The fourth-order valence-corrected chi connectivity index (χ4v) is 4.22. The second-order valence-electron chi connectivity index (χ2n) is 6.01. The standard InChI is InChI=1S/C21H19Cl2NO4S/c1-26-19(29-14-6-4-3-5-7-14)8-9-28-18-12-17(21(25)27-2)24-16-11-13(22)10-15(23)20(16)18/h3-7,10-12,19H,8-9H2,1-2H3. The van der Waals surface area contributed by atoms with Crippen LogP contribution in [0.3, 0.4) is 0 Å². The van der Waals surface area contributed by atoms with Crippen LogP contribution >= 0.6 is 35.0 Å². The Morgan fingerprint density at radius 3 is 2.59 bits per heavy atom. The summed E-state index contributed by atoms with van der Waals surface area (Å²) >= 11 is 14.1. The minimum Gasteiger partial charge on any atom is -0.493 e. The van der Waals surface area contributed by atoms with Crippen LogP contribution in [-0.4, -0.2) is 37.2 Å². The smallest absolute Gasteiger partial charge is 0.356 e. The molecule has 0 spiro atoms. The minimum atomic E-state index is -0.567. The van der Waals surface area contributed by atoms with Crippen LogP contribution in [0.1, 0.15) is 16.9 Å². The average molecular weight is 452 g/mol. The fraction of sp³-hybridized carbons (Fsp3) is 0.238. The molecule has 152 valence electrons. The Balaban J connectivity index is 1.80. The third kappa shape index (κ3) is 5.54. The van der Waals surface area contributed by atoms with E-state index in [1.807, 2.05) is 30.3 Å². The van der Waals surface area contributed by atoms with Gasteiger partial charge in [0.05, 0.1) is 29.6 Å². The summed E-state index contributed by atoms with van der Waals surface area (Å²) in [7, 11) is 2.96. The maximum Gasteiger partial charge on any atom is 0.356 e. The Hall–Kier alpha value is -1.99. The van der Waals surface area contributed by atoms with Crippen molar-refractivity contribution in [1.82, 2.24) is 4.98 Å². The van der Waals surface area contributed by atoms with Gasteiger partial charge in [-0.3, -0.25) is 0 Å². The Morgan fingerprint density at radius 1 is 1.14 bits per heavy atom. The maximum atomic E-state index is 12.0. The molecule has 29 heavy (non-hydrogen) atoms. The van der Waals surface area contributed by atoms with E-state index in [1.165, 1.54) is 13.2 Å². The Labute approximate surface area is 183 Å². The number of fused-ring (bicyclic) bond motifs is 1. The van der Waals surface area contributed by atoms with Crippen LogP contribution in [0, 0.1) is 0 Å². The summed E-state index contributed by atoms with van der Waals surface area (Å²) in [4.78, 5) is 17.4. The SMILES string of the molecule is COC(=O)c1cc(OCCC(OC)Sc2ccccc2)c2c(Cl)cc(Cl)cc2n1. The summed E-state index contributed by atoms with van der Waals surface area (Å²) in [6, 6.07) is 14.8. The van der Waals surface area contributed by atoms with Gasteiger partial charge in [0.25, 0.3) is 0 Å². The van der Waals surface area contributed by atoms with E-state index in [0.29, 0.717) is 39.7 Å². The molecule has 0 aliphatic heterocycles. The number of ether oxygens (including phenoxy) is 3. The molecule has 0 bridgehead atoms. The quantitative estimate of drug-likeness (QED) is 0.242. The molecule has 1 heterocycles. The van der Waals surface area contributed by atoms with E-state index in [4.69, 9.17) is 37.4 Å². The van der Waals surface area contributed by atoms with Gasteiger partial charge in [-0.2, -0.15) is 0 Å². The van der Waals surface area contributed by atoms with Gasteiger partial charge in [-0.05, 0) is 24.3 Å². The third-order valence-electron chi connectivity index (χ3n) is 4.07. The van der Waals surface area contributed by atoms with Gasteiger partial charge in [-0.25, -0.2) is 9.78 Å². The number of pyridine rings is 1. The molecule has 0 saturated carbocycles. The van der Waals surface area contributed by atoms with Crippen molar-refractivity contribution in [3.8, 4) is 5.75 Å². The molecule has 0 N–H and O–H groups in total. The number of hydrogen-bond donors (Lipinski definition) is 0.